The maximum Gasteiger partial charge on any atom is 0.409 e. The molecular formula is C9H12BrF6NO. The molecule has 2 unspecified atom stereocenters. The zero-order valence-corrected chi connectivity index (χ0v) is 11.1. The van der Waals surface area contributed by atoms with Gasteiger partial charge in [0.15, 0.2) is 0 Å². The van der Waals surface area contributed by atoms with Crippen LogP contribution in [0.3, 0.4) is 0 Å². The molecule has 0 saturated heterocycles. The molecule has 0 bridgehead atoms. The number of hydrogen-bond donors (Lipinski definition) is 1. The van der Waals surface area contributed by atoms with Gasteiger partial charge in [-0.2, -0.15) is 26.3 Å². The number of carbonyl (C=O) groups is 1. The smallest absolute Gasteiger partial charge is 0.353 e. The van der Waals surface area contributed by atoms with Gasteiger partial charge in [0.2, 0.25) is 11.8 Å². The molecule has 0 heterocycles. The van der Waals surface area contributed by atoms with Crippen LogP contribution in [0.5, 0.6) is 0 Å². The predicted molar refractivity (Wildman–Crippen MR) is 56.2 cm³/mol. The fourth-order valence-electron chi connectivity index (χ4n) is 1.07. The van der Waals surface area contributed by atoms with E-state index in [-0.39, 0.29) is 5.92 Å². The summed E-state index contributed by atoms with van der Waals surface area (Å²) in [6, 6.07) is -0.802. The minimum atomic E-state index is -5.65. The van der Waals surface area contributed by atoms with Gasteiger partial charge >= 0.3 is 12.4 Å². The number of carbonyl (C=O) groups excluding carboxylic acids is 1. The molecule has 0 spiro atoms. The van der Waals surface area contributed by atoms with Crippen molar-refractivity contribution in [3.8, 4) is 0 Å². The second kappa shape index (κ2) is 6.12. The predicted octanol–water partition coefficient (Wildman–Crippen LogP) is 3.26. The number of halogens is 7. The van der Waals surface area contributed by atoms with Gasteiger partial charge < -0.3 is 5.32 Å². The molecule has 0 aromatic rings. The summed E-state index contributed by atoms with van der Waals surface area (Å²) in [6.07, 6.45) is -11.3. The minimum absolute atomic E-state index is 0.295. The molecule has 0 radical (unpaired) electrons. The maximum atomic E-state index is 12.2. The van der Waals surface area contributed by atoms with Crippen molar-refractivity contribution < 1.29 is 31.1 Å². The summed E-state index contributed by atoms with van der Waals surface area (Å²) in [7, 11) is 0. The lowest BCUT2D eigenvalue weighted by molar-refractivity contribution is -0.274. The SMILES string of the molecule is CC(CBr)C(C)NC(=O)C(C(F)(F)F)C(F)(F)F. The lowest BCUT2D eigenvalue weighted by atomic mass is 10.0. The van der Waals surface area contributed by atoms with Crippen LogP contribution in [0, 0.1) is 11.8 Å². The van der Waals surface area contributed by atoms with Gasteiger partial charge in [-0.05, 0) is 12.8 Å². The summed E-state index contributed by atoms with van der Waals surface area (Å²) in [5.74, 6) is -6.36. The van der Waals surface area contributed by atoms with Gasteiger partial charge in [-0.1, -0.05) is 22.9 Å². The van der Waals surface area contributed by atoms with E-state index in [0.717, 1.165) is 0 Å². The molecule has 108 valence electrons. The van der Waals surface area contributed by atoms with Gasteiger partial charge in [-0.25, -0.2) is 0 Å². The van der Waals surface area contributed by atoms with Crippen molar-refractivity contribution in [2.24, 2.45) is 11.8 Å². The second-order valence-corrected chi connectivity index (χ2v) is 4.59. The molecule has 0 aliphatic carbocycles. The molecule has 0 fully saturated rings. The Labute approximate surface area is 108 Å². The minimum Gasteiger partial charge on any atom is -0.353 e. The first-order valence-electron chi connectivity index (χ1n) is 4.91. The first kappa shape index (κ1) is 17.5. The Morgan fingerprint density at radius 3 is 1.78 bits per heavy atom. The summed E-state index contributed by atoms with van der Waals surface area (Å²) >= 11 is 3.03. The fourth-order valence-corrected chi connectivity index (χ4v) is 1.63. The van der Waals surface area contributed by atoms with Crippen LogP contribution in [0.1, 0.15) is 13.8 Å². The van der Waals surface area contributed by atoms with Crippen LogP contribution in [0.4, 0.5) is 26.3 Å². The van der Waals surface area contributed by atoms with Crippen LogP contribution in [0.25, 0.3) is 0 Å². The van der Waals surface area contributed by atoms with E-state index in [1.165, 1.54) is 6.92 Å². The van der Waals surface area contributed by atoms with Gasteiger partial charge in [0.05, 0.1) is 0 Å². The molecule has 2 atom stereocenters. The van der Waals surface area contributed by atoms with Crippen LogP contribution >= 0.6 is 15.9 Å². The lowest BCUT2D eigenvalue weighted by Gasteiger charge is -2.26. The highest BCUT2D eigenvalue weighted by molar-refractivity contribution is 9.09. The van der Waals surface area contributed by atoms with E-state index in [4.69, 9.17) is 0 Å². The Hall–Kier alpha value is -0.470. The van der Waals surface area contributed by atoms with Gasteiger partial charge in [-0.15, -0.1) is 0 Å². The van der Waals surface area contributed by atoms with Crippen molar-refractivity contribution in [1.29, 1.82) is 0 Å². The Morgan fingerprint density at radius 1 is 1.11 bits per heavy atom. The van der Waals surface area contributed by atoms with Gasteiger partial charge in [0.1, 0.15) is 0 Å². The topological polar surface area (TPSA) is 29.1 Å². The lowest BCUT2D eigenvalue weighted by Crippen LogP contribution is -2.51. The van der Waals surface area contributed by atoms with E-state index in [9.17, 15) is 31.1 Å². The molecule has 18 heavy (non-hydrogen) atoms. The Balaban J connectivity index is 4.91. The van der Waals surface area contributed by atoms with E-state index in [2.05, 4.69) is 15.9 Å². The molecule has 1 amide bonds. The summed E-state index contributed by atoms with van der Waals surface area (Å²) in [4.78, 5) is 11.1. The number of nitrogens with one attached hydrogen (secondary N) is 1. The highest BCUT2D eigenvalue weighted by Crippen LogP contribution is 2.39. The highest BCUT2D eigenvalue weighted by Gasteiger charge is 2.61. The van der Waals surface area contributed by atoms with Crippen LogP contribution in [0.2, 0.25) is 0 Å². The first-order valence-corrected chi connectivity index (χ1v) is 6.03. The van der Waals surface area contributed by atoms with Gasteiger partial charge in [-0.3, -0.25) is 4.79 Å². The largest absolute Gasteiger partial charge is 0.409 e. The van der Waals surface area contributed by atoms with E-state index < -0.39 is 30.2 Å². The third-order valence-electron chi connectivity index (χ3n) is 2.38. The molecule has 2 nitrogen and oxygen atoms in total. The van der Waals surface area contributed by atoms with E-state index in [0.29, 0.717) is 5.33 Å². The molecule has 0 rings (SSSR count). The standard InChI is InChI=1S/C9H12BrF6NO/c1-4(3-10)5(2)17-7(18)6(8(11,12)13)9(14,15)16/h4-6H,3H2,1-2H3,(H,17,18). The number of rotatable bonds is 4. The molecule has 0 aromatic carbocycles. The van der Waals surface area contributed by atoms with E-state index in [1.54, 1.807) is 12.2 Å². The van der Waals surface area contributed by atoms with Crippen molar-refractivity contribution in [1.82, 2.24) is 5.32 Å². The third-order valence-corrected chi connectivity index (χ3v) is 3.41. The van der Waals surface area contributed by atoms with Crippen LogP contribution in [0.15, 0.2) is 0 Å². The Kier molecular flexibility index (Phi) is 5.96. The molecule has 0 aromatic heterocycles. The monoisotopic (exact) mass is 343 g/mol. The quantitative estimate of drug-likeness (QED) is 0.616. The molecule has 1 N–H and O–H groups in total. The van der Waals surface area contributed by atoms with Crippen molar-refractivity contribution in [3.63, 3.8) is 0 Å². The average molecular weight is 344 g/mol. The first-order chi connectivity index (χ1) is 7.91. The molecule has 0 saturated carbocycles. The third kappa shape index (κ3) is 5.03. The molecule has 9 heteroatoms. The van der Waals surface area contributed by atoms with Crippen molar-refractivity contribution in [2.75, 3.05) is 5.33 Å². The van der Waals surface area contributed by atoms with Gasteiger partial charge in [0, 0.05) is 11.4 Å². The van der Waals surface area contributed by atoms with Crippen molar-refractivity contribution in [3.05, 3.63) is 0 Å². The van der Waals surface area contributed by atoms with Crippen LogP contribution < -0.4 is 5.32 Å². The number of hydrogen-bond acceptors (Lipinski definition) is 1. The Morgan fingerprint density at radius 2 is 1.50 bits per heavy atom. The molecule has 0 aliphatic heterocycles. The molecular weight excluding hydrogens is 332 g/mol. The van der Waals surface area contributed by atoms with Crippen LogP contribution in [-0.2, 0) is 4.79 Å². The second-order valence-electron chi connectivity index (χ2n) is 3.95. The van der Waals surface area contributed by atoms with Crippen LogP contribution in [-0.4, -0.2) is 29.6 Å². The number of amides is 1. The summed E-state index contributed by atoms with van der Waals surface area (Å²) in [6.45, 7) is 2.92. The average Bonchev–Trinajstić information content (AvgIpc) is 2.11. The van der Waals surface area contributed by atoms with Crippen molar-refractivity contribution >= 4 is 21.8 Å². The Bertz CT molecular complexity index is 276. The number of alkyl halides is 7. The highest BCUT2D eigenvalue weighted by atomic mass is 79.9. The van der Waals surface area contributed by atoms with E-state index >= 15 is 0 Å². The summed E-state index contributed by atoms with van der Waals surface area (Å²) < 4.78 is 73.3. The molecule has 0 aliphatic rings. The van der Waals surface area contributed by atoms with Gasteiger partial charge in [0.25, 0.3) is 0 Å². The fraction of sp³-hybridized carbons (Fsp3) is 0.889. The van der Waals surface area contributed by atoms with E-state index in [1.807, 2.05) is 0 Å². The summed E-state index contributed by atoms with van der Waals surface area (Å²) in [5.41, 5.74) is 0. The van der Waals surface area contributed by atoms with Crippen molar-refractivity contribution in [2.45, 2.75) is 32.2 Å². The maximum absolute atomic E-state index is 12.2. The zero-order chi connectivity index (χ0) is 14.7. The normalized spacial score (nSPS) is 16.6. The zero-order valence-electron chi connectivity index (χ0n) is 9.49. The summed E-state index contributed by atoms with van der Waals surface area (Å²) in [5, 5.41) is 2.08.